The second-order valence-corrected chi connectivity index (χ2v) is 5.22. The zero-order valence-corrected chi connectivity index (χ0v) is 10.3. The molecule has 1 nitrogen and oxygen atoms in total. The molecule has 14 heavy (non-hydrogen) atoms. The van der Waals surface area contributed by atoms with E-state index < -0.39 is 0 Å². The van der Waals surface area contributed by atoms with Gasteiger partial charge in [0.15, 0.2) is 0 Å². The molecule has 1 saturated carbocycles. The van der Waals surface area contributed by atoms with Gasteiger partial charge in [-0.25, -0.2) is 0 Å². The molecule has 1 aliphatic rings. The van der Waals surface area contributed by atoms with Crippen LogP contribution in [0.3, 0.4) is 0 Å². The van der Waals surface area contributed by atoms with Crippen LogP contribution in [0, 0.1) is 9.49 Å². The lowest BCUT2D eigenvalue weighted by Crippen LogP contribution is -2.00. The number of rotatable bonds is 4. The van der Waals surface area contributed by atoms with Gasteiger partial charge in [-0.3, -0.25) is 0 Å². The molecule has 1 aliphatic carbocycles. The van der Waals surface area contributed by atoms with Crippen LogP contribution < -0.4 is 0 Å². The van der Waals surface area contributed by atoms with E-state index in [-0.39, 0.29) is 6.10 Å². The predicted molar refractivity (Wildman–Crippen MR) is 66.1 cm³/mol. The molecule has 1 fully saturated rings. The van der Waals surface area contributed by atoms with Crippen LogP contribution in [0.25, 0.3) is 0 Å². The molecule has 1 aromatic carbocycles. The maximum absolute atomic E-state index is 9.97. The second-order valence-electron chi connectivity index (χ2n) is 4.06. The molecular weight excluding hydrogens is 287 g/mol. The summed E-state index contributed by atoms with van der Waals surface area (Å²) in [6, 6.07) is 8.09. The van der Waals surface area contributed by atoms with Crippen LogP contribution in [0.1, 0.15) is 37.4 Å². The van der Waals surface area contributed by atoms with Gasteiger partial charge in [0.25, 0.3) is 0 Å². The van der Waals surface area contributed by atoms with Crippen molar-refractivity contribution in [2.75, 3.05) is 0 Å². The van der Waals surface area contributed by atoms with Gasteiger partial charge in [0.1, 0.15) is 0 Å². The van der Waals surface area contributed by atoms with Gasteiger partial charge in [0.2, 0.25) is 0 Å². The van der Waals surface area contributed by atoms with E-state index in [1.54, 1.807) is 0 Å². The molecule has 2 rings (SSSR count). The Morgan fingerprint density at radius 2 is 2.07 bits per heavy atom. The zero-order valence-electron chi connectivity index (χ0n) is 8.12. The van der Waals surface area contributed by atoms with Crippen LogP contribution in [0.15, 0.2) is 24.3 Å². The minimum Gasteiger partial charge on any atom is -0.388 e. The normalized spacial score (nSPS) is 18.1. The Labute approximate surface area is 98.7 Å². The van der Waals surface area contributed by atoms with Gasteiger partial charge in [-0.05, 0) is 53.0 Å². The fourth-order valence-corrected chi connectivity index (χ4v) is 2.45. The lowest BCUT2D eigenvalue weighted by atomic mass is 10.0. The Hall–Kier alpha value is -0.0900. The van der Waals surface area contributed by atoms with Crippen molar-refractivity contribution in [3.63, 3.8) is 0 Å². The first-order chi connectivity index (χ1) is 6.77. The summed E-state index contributed by atoms with van der Waals surface area (Å²) in [5.41, 5.74) is 1.09. The van der Waals surface area contributed by atoms with E-state index >= 15 is 0 Å². The standard InChI is InChI=1S/C12H15IO/c13-11-4-2-1-3-10(11)12(14)8-7-9-5-6-9/h1-4,9,12,14H,5-8H2. The highest BCUT2D eigenvalue weighted by atomic mass is 127. The van der Waals surface area contributed by atoms with Crippen molar-refractivity contribution in [1.82, 2.24) is 0 Å². The molecule has 1 atom stereocenters. The summed E-state index contributed by atoms with van der Waals surface area (Å²) in [6.07, 6.45) is 4.59. The maximum atomic E-state index is 9.97. The number of aliphatic hydroxyl groups is 1. The molecule has 1 N–H and O–H groups in total. The van der Waals surface area contributed by atoms with Crippen LogP contribution in [-0.4, -0.2) is 5.11 Å². The van der Waals surface area contributed by atoms with Gasteiger partial charge in [0.05, 0.1) is 6.10 Å². The maximum Gasteiger partial charge on any atom is 0.0800 e. The van der Waals surface area contributed by atoms with Crippen molar-refractivity contribution in [1.29, 1.82) is 0 Å². The van der Waals surface area contributed by atoms with Crippen LogP contribution in [0.2, 0.25) is 0 Å². The second kappa shape index (κ2) is 4.62. The average Bonchev–Trinajstić information content (AvgIpc) is 2.98. The molecule has 0 bridgehead atoms. The third-order valence-electron chi connectivity index (χ3n) is 2.81. The number of hydrogen-bond acceptors (Lipinski definition) is 1. The van der Waals surface area contributed by atoms with E-state index in [1.807, 2.05) is 18.2 Å². The molecule has 0 heterocycles. The monoisotopic (exact) mass is 302 g/mol. The number of hydrogen-bond donors (Lipinski definition) is 1. The first kappa shape index (κ1) is 10.4. The van der Waals surface area contributed by atoms with Gasteiger partial charge in [-0.1, -0.05) is 31.0 Å². The molecule has 0 radical (unpaired) electrons. The summed E-state index contributed by atoms with van der Waals surface area (Å²) < 4.78 is 1.17. The third-order valence-corrected chi connectivity index (χ3v) is 3.79. The Morgan fingerprint density at radius 1 is 1.36 bits per heavy atom. The topological polar surface area (TPSA) is 20.2 Å². The summed E-state index contributed by atoms with van der Waals surface area (Å²) in [4.78, 5) is 0. The molecule has 1 aromatic rings. The van der Waals surface area contributed by atoms with Crippen molar-refractivity contribution in [3.05, 3.63) is 33.4 Å². The van der Waals surface area contributed by atoms with Crippen molar-refractivity contribution < 1.29 is 5.11 Å². The van der Waals surface area contributed by atoms with Crippen molar-refractivity contribution in [2.45, 2.75) is 31.8 Å². The Bertz CT molecular complexity index is 307. The Kier molecular flexibility index (Phi) is 3.44. The highest BCUT2D eigenvalue weighted by Gasteiger charge is 2.22. The highest BCUT2D eigenvalue weighted by Crippen LogP contribution is 2.36. The van der Waals surface area contributed by atoms with Crippen molar-refractivity contribution in [2.24, 2.45) is 5.92 Å². The largest absolute Gasteiger partial charge is 0.388 e. The van der Waals surface area contributed by atoms with Crippen molar-refractivity contribution >= 4 is 22.6 Å². The van der Waals surface area contributed by atoms with E-state index in [1.165, 1.54) is 22.8 Å². The quantitative estimate of drug-likeness (QED) is 0.844. The van der Waals surface area contributed by atoms with Gasteiger partial charge < -0.3 is 5.11 Å². The minimum atomic E-state index is -0.260. The van der Waals surface area contributed by atoms with Crippen molar-refractivity contribution in [3.8, 4) is 0 Å². The third kappa shape index (κ3) is 2.70. The molecule has 0 aliphatic heterocycles. The van der Waals surface area contributed by atoms with Crippen LogP contribution in [-0.2, 0) is 0 Å². The fraction of sp³-hybridized carbons (Fsp3) is 0.500. The molecule has 0 aromatic heterocycles. The fourth-order valence-electron chi connectivity index (χ4n) is 1.70. The summed E-state index contributed by atoms with van der Waals surface area (Å²) in [7, 11) is 0. The molecule has 0 spiro atoms. The lowest BCUT2D eigenvalue weighted by molar-refractivity contribution is 0.161. The minimum absolute atomic E-state index is 0.260. The predicted octanol–water partition coefficient (Wildman–Crippen LogP) is 3.51. The Morgan fingerprint density at radius 3 is 2.71 bits per heavy atom. The smallest absolute Gasteiger partial charge is 0.0800 e. The first-order valence-electron chi connectivity index (χ1n) is 5.20. The average molecular weight is 302 g/mol. The van der Waals surface area contributed by atoms with Gasteiger partial charge in [-0.15, -0.1) is 0 Å². The SMILES string of the molecule is OC(CCC1CC1)c1ccccc1I. The zero-order chi connectivity index (χ0) is 9.97. The van der Waals surface area contributed by atoms with Crippen LogP contribution in [0.5, 0.6) is 0 Å². The first-order valence-corrected chi connectivity index (χ1v) is 6.27. The van der Waals surface area contributed by atoms with E-state index in [0.717, 1.165) is 17.9 Å². The molecule has 76 valence electrons. The van der Waals surface area contributed by atoms with E-state index in [0.29, 0.717) is 0 Å². The molecule has 2 heteroatoms. The van der Waals surface area contributed by atoms with E-state index in [4.69, 9.17) is 0 Å². The summed E-state index contributed by atoms with van der Waals surface area (Å²) in [5, 5.41) is 9.97. The highest BCUT2D eigenvalue weighted by molar-refractivity contribution is 14.1. The molecule has 1 unspecified atom stereocenters. The van der Waals surface area contributed by atoms with Gasteiger partial charge in [-0.2, -0.15) is 0 Å². The van der Waals surface area contributed by atoms with Gasteiger partial charge in [0, 0.05) is 3.57 Å². The summed E-state index contributed by atoms with van der Waals surface area (Å²) in [6.45, 7) is 0. The van der Waals surface area contributed by atoms with E-state index in [2.05, 4.69) is 28.7 Å². The van der Waals surface area contributed by atoms with Crippen LogP contribution in [0.4, 0.5) is 0 Å². The number of benzene rings is 1. The van der Waals surface area contributed by atoms with Crippen LogP contribution >= 0.6 is 22.6 Å². The molecular formula is C12H15IO. The van der Waals surface area contributed by atoms with Gasteiger partial charge >= 0.3 is 0 Å². The number of aliphatic hydroxyl groups excluding tert-OH is 1. The van der Waals surface area contributed by atoms with E-state index in [9.17, 15) is 5.11 Å². The summed E-state index contributed by atoms with van der Waals surface area (Å²) >= 11 is 2.29. The molecule has 0 saturated heterocycles. The summed E-state index contributed by atoms with van der Waals surface area (Å²) in [5.74, 6) is 0.908. The molecule has 0 amide bonds. The lowest BCUT2D eigenvalue weighted by Gasteiger charge is -2.12. The Balaban J connectivity index is 1.95. The number of halogens is 1.